The number of β-amino-alcohol motifs (C(OH)–C–C–N with tert-alkyl or cyclic N) is 1. The molecule has 10 heteroatoms. The topological polar surface area (TPSA) is 69.9 Å². The van der Waals surface area contributed by atoms with Gasteiger partial charge >= 0.3 is 6.18 Å². The number of fused-ring (bicyclic) bond motifs is 2. The Kier molecular flexibility index (Phi) is 4.96. The highest BCUT2D eigenvalue weighted by Crippen LogP contribution is 2.34. The summed E-state index contributed by atoms with van der Waals surface area (Å²) >= 11 is 5.98. The van der Waals surface area contributed by atoms with Gasteiger partial charge in [-0.1, -0.05) is 35.9 Å². The maximum Gasteiger partial charge on any atom is 0.417 e. The van der Waals surface area contributed by atoms with Crippen molar-refractivity contribution in [3.8, 4) is 0 Å². The van der Waals surface area contributed by atoms with Crippen LogP contribution >= 0.6 is 11.6 Å². The van der Waals surface area contributed by atoms with Crippen LogP contribution in [0, 0.1) is 0 Å². The minimum Gasteiger partial charge on any atom is -0.389 e. The van der Waals surface area contributed by atoms with E-state index < -0.39 is 29.3 Å². The molecule has 32 heavy (non-hydrogen) atoms. The normalized spacial score (nSPS) is 23.5. The number of hydrogen-bond acceptors (Lipinski definition) is 4. The first-order valence-electron chi connectivity index (χ1n) is 10.2. The maximum absolute atomic E-state index is 13.1. The number of amides is 1. The van der Waals surface area contributed by atoms with Gasteiger partial charge in [0.15, 0.2) is 5.65 Å². The zero-order valence-electron chi connectivity index (χ0n) is 16.9. The number of aromatic nitrogens is 2. The summed E-state index contributed by atoms with van der Waals surface area (Å²) in [6.07, 6.45) is -2.06. The van der Waals surface area contributed by atoms with Gasteiger partial charge in [-0.15, -0.1) is 0 Å². The minimum absolute atomic E-state index is 0.0173. The van der Waals surface area contributed by atoms with Crippen LogP contribution in [-0.2, 0) is 19.1 Å². The van der Waals surface area contributed by atoms with Gasteiger partial charge < -0.3 is 19.7 Å². The van der Waals surface area contributed by atoms with Crippen LogP contribution in [0.5, 0.6) is 0 Å². The Morgan fingerprint density at radius 3 is 2.72 bits per heavy atom. The van der Waals surface area contributed by atoms with Gasteiger partial charge in [-0.3, -0.25) is 4.79 Å². The number of benzene rings is 1. The number of carbonyl (C=O) groups excluding carboxylic acids is 1. The Morgan fingerprint density at radius 2 is 2.00 bits per heavy atom. The van der Waals surface area contributed by atoms with Gasteiger partial charge in [0.1, 0.15) is 5.69 Å². The van der Waals surface area contributed by atoms with Crippen molar-refractivity contribution in [3.63, 3.8) is 0 Å². The van der Waals surface area contributed by atoms with Crippen molar-refractivity contribution in [2.45, 2.75) is 37.2 Å². The number of aliphatic hydroxyl groups is 1. The molecule has 3 aromatic rings. The predicted octanol–water partition coefficient (Wildman–Crippen LogP) is 3.30. The molecule has 1 spiro atoms. The second-order valence-electron chi connectivity index (χ2n) is 8.40. The van der Waals surface area contributed by atoms with Crippen molar-refractivity contribution in [1.29, 1.82) is 0 Å². The number of pyridine rings is 1. The largest absolute Gasteiger partial charge is 0.417 e. The van der Waals surface area contributed by atoms with Crippen molar-refractivity contribution in [1.82, 2.24) is 19.6 Å². The molecule has 6 nitrogen and oxygen atoms in total. The summed E-state index contributed by atoms with van der Waals surface area (Å²) in [5.74, 6) is -0.455. The second kappa shape index (κ2) is 7.47. The third-order valence-electron chi connectivity index (χ3n) is 6.45. The van der Waals surface area contributed by atoms with Crippen LogP contribution in [0.2, 0.25) is 5.02 Å². The van der Waals surface area contributed by atoms with E-state index in [1.165, 1.54) is 22.2 Å². The van der Waals surface area contributed by atoms with Crippen molar-refractivity contribution < 1.29 is 23.1 Å². The fourth-order valence-corrected chi connectivity index (χ4v) is 4.88. The Balaban J connectivity index is 1.36. The molecule has 2 aromatic heterocycles. The molecular weight excluding hydrogens is 445 g/mol. The van der Waals surface area contributed by atoms with E-state index in [2.05, 4.69) is 22.4 Å². The van der Waals surface area contributed by atoms with E-state index in [-0.39, 0.29) is 22.9 Å². The molecule has 1 saturated heterocycles. The smallest absolute Gasteiger partial charge is 0.389 e. The first-order valence-corrected chi connectivity index (χ1v) is 10.6. The van der Waals surface area contributed by atoms with E-state index in [9.17, 15) is 23.1 Å². The number of piperidine rings is 1. The average molecular weight is 465 g/mol. The van der Waals surface area contributed by atoms with Crippen molar-refractivity contribution in [2.75, 3.05) is 13.1 Å². The number of halogens is 4. The third kappa shape index (κ3) is 3.54. The van der Waals surface area contributed by atoms with Gasteiger partial charge in [-0.05, 0) is 30.0 Å². The van der Waals surface area contributed by atoms with Crippen molar-refractivity contribution in [2.24, 2.45) is 0 Å². The Labute approximate surface area is 186 Å². The number of carbonyl (C=O) groups is 1. The van der Waals surface area contributed by atoms with Crippen LogP contribution in [0.15, 0.2) is 42.7 Å². The van der Waals surface area contributed by atoms with Crippen molar-refractivity contribution >= 4 is 23.2 Å². The number of alkyl halides is 3. The highest BCUT2D eigenvalue weighted by molar-refractivity contribution is 6.33. The molecule has 4 heterocycles. The number of likely N-dealkylation sites (tertiary alicyclic amines) is 1. The monoisotopic (exact) mass is 464 g/mol. The zero-order chi connectivity index (χ0) is 22.7. The summed E-state index contributed by atoms with van der Waals surface area (Å²) in [6.45, 7) is 1.14. The fourth-order valence-electron chi connectivity index (χ4n) is 4.63. The van der Waals surface area contributed by atoms with Crippen molar-refractivity contribution in [3.05, 3.63) is 70.1 Å². The quantitative estimate of drug-likeness (QED) is 0.580. The standard InChI is InChI=1S/C22H20ClF3N4O2/c23-16-7-15(22(24,25)26)10-30-11-17(28-19(16)30)20(32)29-6-5-21(18(31)12-29)8-13-3-1-2-4-14(13)9-27-21/h1-4,7,10-11,18,27,31H,5-6,8-9,12H2/t18-,21+/m1/s1. The molecular formula is C22H20ClF3N4O2. The van der Waals surface area contributed by atoms with Crippen LogP contribution in [0.25, 0.3) is 5.65 Å². The van der Waals surface area contributed by atoms with Crippen LogP contribution < -0.4 is 5.32 Å². The summed E-state index contributed by atoms with van der Waals surface area (Å²) in [6, 6.07) is 8.85. The Bertz CT molecular complexity index is 1210. The van der Waals surface area contributed by atoms with Crippen LogP contribution in [0.1, 0.15) is 33.6 Å². The average Bonchev–Trinajstić information content (AvgIpc) is 3.20. The molecule has 5 rings (SSSR count). The van der Waals surface area contributed by atoms with Gasteiger partial charge in [0.25, 0.3) is 5.91 Å². The van der Waals surface area contributed by atoms with E-state index in [1.54, 1.807) is 0 Å². The highest BCUT2D eigenvalue weighted by Gasteiger charge is 2.45. The number of nitrogens with zero attached hydrogens (tertiary/aromatic N) is 3. The second-order valence-corrected chi connectivity index (χ2v) is 8.81. The SMILES string of the molecule is O=C(c1cn2cc(C(F)(F)F)cc(Cl)c2n1)N1CC[C@]2(Cc3ccccc3CN2)[C@H](O)C1. The zero-order valence-corrected chi connectivity index (χ0v) is 17.6. The molecule has 1 aromatic carbocycles. The number of imidazole rings is 1. The lowest BCUT2D eigenvalue weighted by atomic mass is 9.76. The minimum atomic E-state index is -4.57. The van der Waals surface area contributed by atoms with Gasteiger partial charge in [0, 0.05) is 32.0 Å². The van der Waals surface area contributed by atoms with E-state index in [0.29, 0.717) is 25.9 Å². The van der Waals surface area contributed by atoms with Gasteiger partial charge in [0.05, 0.1) is 22.2 Å². The third-order valence-corrected chi connectivity index (χ3v) is 6.73. The van der Waals surface area contributed by atoms with E-state index in [4.69, 9.17) is 11.6 Å². The first-order chi connectivity index (χ1) is 15.2. The molecule has 2 N–H and O–H groups in total. The molecule has 0 saturated carbocycles. The number of aliphatic hydroxyl groups excluding tert-OH is 1. The molecule has 1 amide bonds. The maximum atomic E-state index is 13.1. The molecule has 0 aliphatic carbocycles. The lowest BCUT2D eigenvalue weighted by Crippen LogP contribution is -2.65. The first kappa shape index (κ1) is 21.2. The molecule has 2 aliphatic heterocycles. The fraction of sp³-hybridized carbons (Fsp3) is 0.364. The van der Waals surface area contributed by atoms with E-state index >= 15 is 0 Å². The van der Waals surface area contributed by atoms with E-state index in [0.717, 1.165) is 16.7 Å². The lowest BCUT2D eigenvalue weighted by Gasteiger charge is -2.48. The molecule has 1 fully saturated rings. The molecule has 168 valence electrons. The summed E-state index contributed by atoms with van der Waals surface area (Å²) in [5, 5.41) is 14.2. The summed E-state index contributed by atoms with van der Waals surface area (Å²) in [4.78, 5) is 18.7. The number of rotatable bonds is 1. The predicted molar refractivity (Wildman–Crippen MR) is 111 cm³/mol. The van der Waals surface area contributed by atoms with Gasteiger partial charge in [-0.2, -0.15) is 13.2 Å². The summed E-state index contributed by atoms with van der Waals surface area (Å²) in [7, 11) is 0. The Hall–Kier alpha value is -2.62. The molecule has 0 radical (unpaired) electrons. The Morgan fingerprint density at radius 1 is 1.25 bits per heavy atom. The molecule has 0 bridgehead atoms. The number of nitrogens with one attached hydrogen (secondary N) is 1. The number of hydrogen-bond donors (Lipinski definition) is 2. The molecule has 0 unspecified atom stereocenters. The lowest BCUT2D eigenvalue weighted by molar-refractivity contribution is -0.137. The van der Waals surface area contributed by atoms with E-state index in [1.807, 2.05) is 12.1 Å². The highest BCUT2D eigenvalue weighted by atomic mass is 35.5. The molecule has 2 aliphatic rings. The van der Waals surface area contributed by atoms with Crippen LogP contribution in [-0.4, -0.2) is 50.0 Å². The van der Waals surface area contributed by atoms with Crippen LogP contribution in [0.4, 0.5) is 13.2 Å². The summed E-state index contributed by atoms with van der Waals surface area (Å²) in [5.41, 5.74) is 0.989. The molecule has 2 atom stereocenters. The van der Waals surface area contributed by atoms with Gasteiger partial charge in [0.2, 0.25) is 0 Å². The summed E-state index contributed by atoms with van der Waals surface area (Å²) < 4.78 is 40.3. The van der Waals surface area contributed by atoms with Crippen LogP contribution in [0.3, 0.4) is 0 Å². The van der Waals surface area contributed by atoms with Gasteiger partial charge in [-0.25, -0.2) is 4.98 Å².